The summed E-state index contributed by atoms with van der Waals surface area (Å²) in [7, 11) is 0. The van der Waals surface area contributed by atoms with Crippen molar-refractivity contribution in [3.8, 4) is 0 Å². The third-order valence-electron chi connectivity index (χ3n) is 3.26. The number of carbonyl (C=O) groups excluding carboxylic acids is 3. The van der Waals surface area contributed by atoms with Crippen molar-refractivity contribution in [2.45, 2.75) is 25.9 Å². The lowest BCUT2D eigenvalue weighted by atomic mass is 10.3. The van der Waals surface area contributed by atoms with Crippen molar-refractivity contribution in [2.75, 3.05) is 18.4 Å². The minimum Gasteiger partial charge on any atom is -0.451 e. The summed E-state index contributed by atoms with van der Waals surface area (Å²) in [6, 6.07) is 7.11. The summed E-state index contributed by atoms with van der Waals surface area (Å²) in [6.07, 6.45) is 0.293. The van der Waals surface area contributed by atoms with Gasteiger partial charge in [0.15, 0.2) is 6.10 Å². The van der Waals surface area contributed by atoms with E-state index in [4.69, 9.17) is 4.74 Å². The smallest absolute Gasteiger partial charge is 0.326 e. The molecule has 1 atom stereocenters. The maximum atomic E-state index is 12.0. The lowest BCUT2D eigenvalue weighted by Gasteiger charge is -2.17. The minimum absolute atomic E-state index is 0.0526. The molecular weight excluding hydrogens is 352 g/mol. The second-order valence-electron chi connectivity index (χ2n) is 5.05. The standard InChI is InChI=1S/C15H17BrN2O4/c1-10(15(21)17-12-5-2-4-11(16)8-12)22-14(20)9-18-7-3-6-13(18)19/h2,4-5,8,10H,3,6-7,9H2,1H3,(H,17,21)/t10-/m0/s1. The number of halogens is 1. The Morgan fingerprint density at radius 3 is 2.86 bits per heavy atom. The Morgan fingerprint density at radius 1 is 1.45 bits per heavy atom. The van der Waals surface area contributed by atoms with Crippen molar-refractivity contribution >= 4 is 39.4 Å². The maximum absolute atomic E-state index is 12.0. The molecule has 1 aromatic rings. The number of carbonyl (C=O) groups is 3. The molecule has 0 saturated carbocycles. The van der Waals surface area contributed by atoms with Crippen molar-refractivity contribution in [1.29, 1.82) is 0 Å². The van der Waals surface area contributed by atoms with Gasteiger partial charge in [0.25, 0.3) is 5.91 Å². The van der Waals surface area contributed by atoms with Gasteiger partial charge in [-0.15, -0.1) is 0 Å². The van der Waals surface area contributed by atoms with Gasteiger partial charge >= 0.3 is 5.97 Å². The van der Waals surface area contributed by atoms with Crippen LogP contribution in [0.1, 0.15) is 19.8 Å². The molecule has 1 heterocycles. The number of ether oxygens (including phenoxy) is 1. The number of nitrogens with one attached hydrogen (secondary N) is 1. The Bertz CT molecular complexity index is 591. The number of hydrogen-bond acceptors (Lipinski definition) is 4. The first-order valence-corrected chi connectivity index (χ1v) is 7.78. The predicted molar refractivity (Wildman–Crippen MR) is 84.1 cm³/mol. The summed E-state index contributed by atoms with van der Waals surface area (Å²) in [5.74, 6) is -1.05. The van der Waals surface area contributed by atoms with E-state index in [1.807, 2.05) is 6.07 Å². The molecule has 0 unspecified atom stereocenters. The van der Waals surface area contributed by atoms with Crippen LogP contribution in [0.3, 0.4) is 0 Å². The molecule has 0 bridgehead atoms. The van der Waals surface area contributed by atoms with Gasteiger partial charge in [0.2, 0.25) is 5.91 Å². The average molecular weight is 369 g/mol. The molecule has 2 rings (SSSR count). The first-order valence-electron chi connectivity index (χ1n) is 6.99. The summed E-state index contributed by atoms with van der Waals surface area (Å²) in [5, 5.41) is 2.66. The van der Waals surface area contributed by atoms with Crippen molar-refractivity contribution in [3.05, 3.63) is 28.7 Å². The summed E-state index contributed by atoms with van der Waals surface area (Å²) >= 11 is 3.31. The monoisotopic (exact) mass is 368 g/mol. The second kappa shape index (κ2) is 7.40. The number of likely N-dealkylation sites (tertiary alicyclic amines) is 1. The van der Waals surface area contributed by atoms with Crippen LogP contribution in [0.25, 0.3) is 0 Å². The maximum Gasteiger partial charge on any atom is 0.326 e. The largest absolute Gasteiger partial charge is 0.451 e. The summed E-state index contributed by atoms with van der Waals surface area (Å²) < 4.78 is 5.90. The highest BCUT2D eigenvalue weighted by Crippen LogP contribution is 2.16. The topological polar surface area (TPSA) is 75.7 Å². The fourth-order valence-corrected chi connectivity index (χ4v) is 2.52. The van der Waals surface area contributed by atoms with Gasteiger partial charge in [0.1, 0.15) is 6.54 Å². The molecule has 1 N–H and O–H groups in total. The molecule has 0 aliphatic carbocycles. The van der Waals surface area contributed by atoms with Gasteiger partial charge in [0.05, 0.1) is 0 Å². The van der Waals surface area contributed by atoms with Gasteiger partial charge in [-0.25, -0.2) is 0 Å². The van der Waals surface area contributed by atoms with E-state index in [2.05, 4.69) is 21.2 Å². The zero-order valence-corrected chi connectivity index (χ0v) is 13.8. The number of anilines is 1. The Balaban J connectivity index is 1.83. The lowest BCUT2D eigenvalue weighted by molar-refractivity contribution is -0.155. The predicted octanol–water partition coefficient (Wildman–Crippen LogP) is 1.94. The van der Waals surface area contributed by atoms with E-state index in [0.717, 1.165) is 10.9 Å². The van der Waals surface area contributed by atoms with Crippen LogP contribution in [0.4, 0.5) is 5.69 Å². The van der Waals surface area contributed by atoms with Crippen LogP contribution in [0.5, 0.6) is 0 Å². The molecule has 1 aliphatic heterocycles. The molecule has 1 saturated heterocycles. The second-order valence-corrected chi connectivity index (χ2v) is 5.97. The van der Waals surface area contributed by atoms with Crippen LogP contribution in [0.15, 0.2) is 28.7 Å². The van der Waals surface area contributed by atoms with E-state index < -0.39 is 18.0 Å². The third kappa shape index (κ3) is 4.56. The van der Waals surface area contributed by atoms with Crippen LogP contribution in [0.2, 0.25) is 0 Å². The molecule has 7 heteroatoms. The SMILES string of the molecule is C[C@H](OC(=O)CN1CCCC1=O)C(=O)Nc1cccc(Br)c1. The number of esters is 1. The first kappa shape index (κ1) is 16.5. The molecule has 1 fully saturated rings. The van der Waals surface area contributed by atoms with Gasteiger partial charge < -0.3 is 15.0 Å². The normalized spacial score (nSPS) is 15.5. The van der Waals surface area contributed by atoms with E-state index in [-0.39, 0.29) is 12.5 Å². The Labute approximate surface area is 136 Å². The Hall–Kier alpha value is -1.89. The third-order valence-corrected chi connectivity index (χ3v) is 3.75. The molecule has 2 amide bonds. The van der Waals surface area contributed by atoms with E-state index in [9.17, 15) is 14.4 Å². The van der Waals surface area contributed by atoms with E-state index in [0.29, 0.717) is 18.7 Å². The number of benzene rings is 1. The van der Waals surface area contributed by atoms with Gasteiger partial charge in [-0.1, -0.05) is 22.0 Å². The first-order chi connectivity index (χ1) is 10.5. The Kier molecular flexibility index (Phi) is 5.54. The quantitative estimate of drug-likeness (QED) is 0.805. The lowest BCUT2D eigenvalue weighted by Crippen LogP contribution is -2.36. The Morgan fingerprint density at radius 2 is 2.23 bits per heavy atom. The summed E-state index contributed by atoms with van der Waals surface area (Å²) in [5.41, 5.74) is 0.608. The highest BCUT2D eigenvalue weighted by atomic mass is 79.9. The molecule has 1 aromatic carbocycles. The molecule has 0 aromatic heterocycles. The van der Waals surface area contributed by atoms with Crippen LogP contribution in [-0.2, 0) is 19.1 Å². The minimum atomic E-state index is -0.927. The highest BCUT2D eigenvalue weighted by Gasteiger charge is 2.25. The van der Waals surface area contributed by atoms with Crippen LogP contribution in [-0.4, -0.2) is 41.9 Å². The van der Waals surface area contributed by atoms with E-state index in [1.165, 1.54) is 11.8 Å². The fourth-order valence-electron chi connectivity index (χ4n) is 2.13. The average Bonchev–Trinajstić information content (AvgIpc) is 2.84. The van der Waals surface area contributed by atoms with Crippen LogP contribution < -0.4 is 5.32 Å². The van der Waals surface area contributed by atoms with Crippen molar-refractivity contribution < 1.29 is 19.1 Å². The van der Waals surface area contributed by atoms with Crippen molar-refractivity contribution in [3.63, 3.8) is 0 Å². The molecule has 0 spiro atoms. The molecule has 22 heavy (non-hydrogen) atoms. The molecule has 6 nitrogen and oxygen atoms in total. The zero-order valence-electron chi connectivity index (χ0n) is 12.2. The molecule has 118 valence electrons. The summed E-state index contributed by atoms with van der Waals surface area (Å²) in [6.45, 7) is 1.96. The van der Waals surface area contributed by atoms with E-state index in [1.54, 1.807) is 18.2 Å². The van der Waals surface area contributed by atoms with E-state index >= 15 is 0 Å². The number of nitrogens with zero attached hydrogens (tertiary/aromatic N) is 1. The van der Waals surface area contributed by atoms with Crippen LogP contribution in [0, 0.1) is 0 Å². The molecule has 0 radical (unpaired) electrons. The van der Waals surface area contributed by atoms with Crippen molar-refractivity contribution in [1.82, 2.24) is 4.90 Å². The van der Waals surface area contributed by atoms with Crippen LogP contribution >= 0.6 is 15.9 Å². The van der Waals surface area contributed by atoms with Gasteiger partial charge in [-0.05, 0) is 31.5 Å². The highest BCUT2D eigenvalue weighted by molar-refractivity contribution is 9.10. The van der Waals surface area contributed by atoms with Gasteiger partial charge in [-0.2, -0.15) is 0 Å². The van der Waals surface area contributed by atoms with Gasteiger partial charge in [0, 0.05) is 23.1 Å². The summed E-state index contributed by atoms with van der Waals surface area (Å²) in [4.78, 5) is 36.6. The molecule has 1 aliphatic rings. The number of hydrogen-bond donors (Lipinski definition) is 1. The number of rotatable bonds is 5. The van der Waals surface area contributed by atoms with Gasteiger partial charge in [-0.3, -0.25) is 14.4 Å². The fraction of sp³-hybridized carbons (Fsp3) is 0.400. The van der Waals surface area contributed by atoms with Crippen molar-refractivity contribution in [2.24, 2.45) is 0 Å². The molecular formula is C15H17BrN2O4. The zero-order chi connectivity index (χ0) is 16.1. The number of amides is 2.